The van der Waals surface area contributed by atoms with E-state index >= 15 is 0 Å². The second-order valence-electron chi connectivity index (χ2n) is 4.02. The molecule has 2 rings (SSSR count). The van der Waals surface area contributed by atoms with Crippen LogP contribution in [0, 0.1) is 0 Å². The zero-order valence-corrected chi connectivity index (χ0v) is 8.93. The summed E-state index contributed by atoms with van der Waals surface area (Å²) in [5, 5.41) is 3.53. The van der Waals surface area contributed by atoms with Gasteiger partial charge in [-0.3, -0.25) is 4.90 Å². The summed E-state index contributed by atoms with van der Waals surface area (Å²) in [5.74, 6) is 5.61. The Labute approximate surface area is 89.8 Å². The second kappa shape index (κ2) is 4.67. The van der Waals surface area contributed by atoms with Crippen LogP contribution >= 0.6 is 0 Å². The Kier molecular flexibility index (Phi) is 3.27. The van der Waals surface area contributed by atoms with Crippen molar-refractivity contribution in [1.82, 2.24) is 9.80 Å². The number of morpholine rings is 1. The summed E-state index contributed by atoms with van der Waals surface area (Å²) in [7, 11) is 0. The number of hydrogen-bond donors (Lipinski definition) is 2. The van der Waals surface area contributed by atoms with Crippen molar-refractivity contribution in [3.05, 3.63) is 0 Å². The van der Waals surface area contributed by atoms with Crippen LogP contribution in [0.3, 0.4) is 0 Å². The fraction of sp³-hybridized carbons (Fsp3) is 0.889. The van der Waals surface area contributed by atoms with Gasteiger partial charge in [0.15, 0.2) is 0 Å². The molecule has 2 aliphatic heterocycles. The van der Waals surface area contributed by atoms with E-state index in [1.54, 1.807) is 0 Å². The van der Waals surface area contributed by atoms with Crippen LogP contribution in [0.25, 0.3) is 0 Å². The minimum atomic E-state index is 0.450. The molecule has 2 heterocycles. The van der Waals surface area contributed by atoms with Gasteiger partial charge in [-0.2, -0.15) is 0 Å². The van der Waals surface area contributed by atoms with Gasteiger partial charge in [-0.15, -0.1) is 5.10 Å². The first kappa shape index (κ1) is 10.5. The van der Waals surface area contributed by atoms with Crippen molar-refractivity contribution in [1.29, 1.82) is 0 Å². The topological polar surface area (TPSA) is 80.1 Å². The maximum absolute atomic E-state index is 5.68. The third-order valence-corrected chi connectivity index (χ3v) is 3.18. The highest BCUT2D eigenvalue weighted by molar-refractivity contribution is 5.78. The molecule has 6 heteroatoms. The predicted molar refractivity (Wildman–Crippen MR) is 58.2 cm³/mol. The average molecular weight is 213 g/mol. The summed E-state index contributed by atoms with van der Waals surface area (Å²) in [6.07, 6.45) is 1.14. The van der Waals surface area contributed by atoms with Gasteiger partial charge in [-0.25, -0.2) is 0 Å². The van der Waals surface area contributed by atoms with Crippen LogP contribution in [0.1, 0.15) is 6.42 Å². The highest BCUT2D eigenvalue weighted by Gasteiger charge is 2.29. The van der Waals surface area contributed by atoms with Gasteiger partial charge in [-0.1, -0.05) is 0 Å². The van der Waals surface area contributed by atoms with Gasteiger partial charge in [0.25, 0.3) is 0 Å². The first-order valence-electron chi connectivity index (χ1n) is 5.41. The van der Waals surface area contributed by atoms with Crippen LogP contribution < -0.4 is 11.6 Å². The van der Waals surface area contributed by atoms with Crippen molar-refractivity contribution >= 4 is 5.96 Å². The van der Waals surface area contributed by atoms with Gasteiger partial charge >= 0.3 is 0 Å². The molecule has 0 aromatic heterocycles. The maximum Gasteiger partial charge on any atom is 0.213 e. The van der Waals surface area contributed by atoms with E-state index in [1.807, 2.05) is 4.90 Å². The second-order valence-corrected chi connectivity index (χ2v) is 4.02. The zero-order chi connectivity index (χ0) is 10.7. The van der Waals surface area contributed by atoms with Crippen molar-refractivity contribution in [2.45, 2.75) is 12.5 Å². The molecule has 1 atom stereocenters. The van der Waals surface area contributed by atoms with Crippen LogP contribution in [0.15, 0.2) is 5.10 Å². The number of hydrogen-bond acceptors (Lipinski definition) is 4. The molecule has 0 saturated carbocycles. The Balaban J connectivity index is 1.86. The summed E-state index contributed by atoms with van der Waals surface area (Å²) in [6.45, 7) is 5.63. The van der Waals surface area contributed by atoms with Gasteiger partial charge in [0.05, 0.1) is 13.2 Å². The number of ether oxygens (including phenoxy) is 1. The summed E-state index contributed by atoms with van der Waals surface area (Å²) in [4.78, 5) is 4.51. The SMILES string of the molecule is NN=C(N)N1CCC(N2CCOCC2)C1. The Morgan fingerprint density at radius 1 is 1.27 bits per heavy atom. The lowest BCUT2D eigenvalue weighted by atomic mass is 10.2. The van der Waals surface area contributed by atoms with E-state index in [2.05, 4.69) is 10.0 Å². The Hall–Kier alpha value is -1.01. The number of likely N-dealkylation sites (tertiary alicyclic amines) is 1. The molecule has 2 aliphatic rings. The van der Waals surface area contributed by atoms with E-state index in [1.165, 1.54) is 0 Å². The molecule has 86 valence electrons. The molecule has 0 radical (unpaired) electrons. The van der Waals surface area contributed by atoms with Gasteiger partial charge in [-0.05, 0) is 6.42 Å². The number of hydrazone groups is 1. The van der Waals surface area contributed by atoms with Crippen LogP contribution in [-0.2, 0) is 4.74 Å². The molecule has 0 aromatic rings. The number of nitrogens with two attached hydrogens (primary N) is 2. The van der Waals surface area contributed by atoms with Crippen molar-refractivity contribution < 1.29 is 4.74 Å². The monoisotopic (exact) mass is 213 g/mol. The summed E-state index contributed by atoms with van der Waals surface area (Å²) in [6, 6.07) is 0.578. The average Bonchev–Trinajstić information content (AvgIpc) is 2.78. The molecule has 0 amide bonds. The van der Waals surface area contributed by atoms with Gasteiger partial charge in [0, 0.05) is 32.2 Å². The van der Waals surface area contributed by atoms with Gasteiger partial charge < -0.3 is 21.2 Å². The maximum atomic E-state index is 5.68. The zero-order valence-electron chi connectivity index (χ0n) is 8.93. The van der Waals surface area contributed by atoms with Gasteiger partial charge in [0.2, 0.25) is 5.96 Å². The Morgan fingerprint density at radius 3 is 2.67 bits per heavy atom. The van der Waals surface area contributed by atoms with Crippen LogP contribution in [0.4, 0.5) is 0 Å². The highest BCUT2D eigenvalue weighted by Crippen LogP contribution is 2.16. The molecular formula is C9H19N5O. The molecule has 2 fully saturated rings. The van der Waals surface area contributed by atoms with E-state index in [0.29, 0.717) is 12.0 Å². The minimum Gasteiger partial charge on any atom is -0.379 e. The van der Waals surface area contributed by atoms with E-state index in [9.17, 15) is 0 Å². The molecule has 15 heavy (non-hydrogen) atoms. The van der Waals surface area contributed by atoms with Gasteiger partial charge in [0.1, 0.15) is 0 Å². The number of nitrogens with zero attached hydrogens (tertiary/aromatic N) is 3. The molecule has 1 unspecified atom stereocenters. The third kappa shape index (κ3) is 2.32. The third-order valence-electron chi connectivity index (χ3n) is 3.18. The Bertz CT molecular complexity index is 239. The highest BCUT2D eigenvalue weighted by atomic mass is 16.5. The van der Waals surface area contributed by atoms with Crippen molar-refractivity contribution in [2.75, 3.05) is 39.4 Å². The van der Waals surface area contributed by atoms with Crippen molar-refractivity contribution in [2.24, 2.45) is 16.7 Å². The fourth-order valence-corrected chi connectivity index (χ4v) is 2.27. The lowest BCUT2D eigenvalue weighted by Crippen LogP contribution is -2.46. The summed E-state index contributed by atoms with van der Waals surface area (Å²) < 4.78 is 5.33. The minimum absolute atomic E-state index is 0.450. The fourth-order valence-electron chi connectivity index (χ4n) is 2.27. The predicted octanol–water partition coefficient (Wildman–Crippen LogP) is -1.42. The molecule has 0 aromatic carbocycles. The molecule has 0 aliphatic carbocycles. The normalized spacial score (nSPS) is 29.7. The molecule has 2 saturated heterocycles. The van der Waals surface area contributed by atoms with Crippen LogP contribution in [0.5, 0.6) is 0 Å². The standard InChI is InChI=1S/C9H19N5O/c10-9(12-11)14-2-1-8(7-14)13-3-5-15-6-4-13/h8H,1-7,11H2,(H2,10,12). The summed E-state index contributed by atoms with van der Waals surface area (Å²) in [5.41, 5.74) is 5.68. The van der Waals surface area contributed by atoms with E-state index < -0.39 is 0 Å². The number of rotatable bonds is 1. The molecular weight excluding hydrogens is 194 g/mol. The lowest BCUT2D eigenvalue weighted by Gasteiger charge is -2.32. The molecule has 4 N–H and O–H groups in total. The molecule has 0 spiro atoms. The van der Waals surface area contributed by atoms with Crippen molar-refractivity contribution in [3.8, 4) is 0 Å². The quantitative estimate of drug-likeness (QED) is 0.242. The first-order chi connectivity index (χ1) is 7.31. The van der Waals surface area contributed by atoms with E-state index in [4.69, 9.17) is 16.3 Å². The van der Waals surface area contributed by atoms with Crippen molar-refractivity contribution in [3.63, 3.8) is 0 Å². The van der Waals surface area contributed by atoms with Crippen LogP contribution in [0.2, 0.25) is 0 Å². The largest absolute Gasteiger partial charge is 0.379 e. The molecule has 6 nitrogen and oxygen atoms in total. The lowest BCUT2D eigenvalue weighted by molar-refractivity contribution is 0.0195. The molecule has 0 bridgehead atoms. The Morgan fingerprint density at radius 2 is 2.00 bits per heavy atom. The first-order valence-corrected chi connectivity index (χ1v) is 5.41. The number of guanidine groups is 1. The smallest absolute Gasteiger partial charge is 0.213 e. The summed E-state index contributed by atoms with van der Waals surface area (Å²) >= 11 is 0. The van der Waals surface area contributed by atoms with E-state index in [0.717, 1.165) is 45.8 Å². The van der Waals surface area contributed by atoms with E-state index in [-0.39, 0.29) is 0 Å². The van der Waals surface area contributed by atoms with Crippen LogP contribution in [-0.4, -0.2) is 61.2 Å².